The molecule has 2 atom stereocenters. The molecule has 1 N–H and O–H groups in total. The van der Waals surface area contributed by atoms with Gasteiger partial charge in [-0.15, -0.1) is 0 Å². The molecule has 0 saturated heterocycles. The third-order valence-corrected chi connectivity index (χ3v) is 7.45. The maximum absolute atomic E-state index is 10.7. The molecule has 2 unspecified atom stereocenters. The maximum Gasteiger partial charge on any atom is 0.122 e. The van der Waals surface area contributed by atoms with Gasteiger partial charge in [-0.3, -0.25) is 0 Å². The molecule has 0 spiro atoms. The summed E-state index contributed by atoms with van der Waals surface area (Å²) in [4.78, 5) is 0. The molecular weight excluding hydrogens is 331 g/mol. The van der Waals surface area contributed by atoms with E-state index in [1.54, 1.807) is 0 Å². The molecule has 0 saturated carbocycles. The monoisotopic (exact) mass is 360 g/mol. The third kappa shape index (κ3) is 3.81. The fourth-order valence-corrected chi connectivity index (χ4v) is 5.46. The first-order valence-corrected chi connectivity index (χ1v) is 10.2. The van der Waals surface area contributed by atoms with Gasteiger partial charge < -0.3 is 5.11 Å². The van der Waals surface area contributed by atoms with Crippen LogP contribution in [0.1, 0.15) is 61.1 Å². The number of hydrogen-bond donors (Lipinski definition) is 2. The van der Waals surface area contributed by atoms with Crippen LogP contribution >= 0.6 is 21.2 Å². The van der Waals surface area contributed by atoms with Crippen molar-refractivity contribution in [3.05, 3.63) is 58.7 Å². The van der Waals surface area contributed by atoms with Gasteiger partial charge in [-0.1, -0.05) is 64.4 Å². The van der Waals surface area contributed by atoms with Gasteiger partial charge in [-0.25, -0.2) is 0 Å². The molecule has 0 aromatic heterocycles. The quantitative estimate of drug-likeness (QED) is 0.477. The molecule has 0 aliphatic carbocycles. The van der Waals surface area contributed by atoms with E-state index in [-0.39, 0.29) is 10.4 Å². The summed E-state index contributed by atoms with van der Waals surface area (Å²) in [5.74, 6) is 0.460. The Morgan fingerprint density at radius 3 is 2.38 bits per heavy atom. The summed E-state index contributed by atoms with van der Waals surface area (Å²) in [7, 11) is 0.615. The van der Waals surface area contributed by atoms with E-state index in [1.807, 2.05) is 13.0 Å². The Balaban J connectivity index is 2.55. The largest absolute Gasteiger partial charge is 0.507 e. The molecule has 0 bridgehead atoms. The van der Waals surface area contributed by atoms with Crippen LogP contribution in [-0.4, -0.2) is 5.11 Å². The Bertz CT molecular complexity index is 705. The highest BCUT2D eigenvalue weighted by Crippen LogP contribution is 2.51. The second-order valence-electron chi connectivity index (χ2n) is 6.65. The van der Waals surface area contributed by atoms with Crippen LogP contribution in [0.25, 0.3) is 0 Å². The van der Waals surface area contributed by atoms with Crippen molar-refractivity contribution in [3.63, 3.8) is 0 Å². The number of aromatic hydroxyl groups is 1. The van der Waals surface area contributed by atoms with Crippen molar-refractivity contribution < 1.29 is 5.11 Å². The normalized spacial score (nSPS) is 13.6. The number of aryl methyl sites for hydroxylation is 2. The van der Waals surface area contributed by atoms with Gasteiger partial charge >= 0.3 is 0 Å². The first-order valence-electron chi connectivity index (χ1n) is 8.70. The average molecular weight is 361 g/mol. The van der Waals surface area contributed by atoms with Crippen molar-refractivity contribution in [1.29, 1.82) is 0 Å². The molecule has 0 fully saturated rings. The van der Waals surface area contributed by atoms with Gasteiger partial charge in [0.25, 0.3) is 0 Å². The van der Waals surface area contributed by atoms with E-state index < -0.39 is 0 Å². The van der Waals surface area contributed by atoms with Gasteiger partial charge in [0.05, 0.1) is 0 Å². The maximum atomic E-state index is 10.7. The molecule has 1 nitrogen and oxygen atoms in total. The zero-order valence-corrected chi connectivity index (χ0v) is 17.2. The van der Waals surface area contributed by atoms with Crippen LogP contribution < -0.4 is 5.30 Å². The lowest BCUT2D eigenvalue weighted by molar-refractivity contribution is 0.444. The molecule has 2 rings (SSSR count). The Kier molecular flexibility index (Phi) is 6.39. The number of benzene rings is 2. The predicted octanol–water partition coefficient (Wildman–Crippen LogP) is 6.02. The lowest BCUT2D eigenvalue weighted by atomic mass is 9.90. The predicted molar refractivity (Wildman–Crippen MR) is 112 cm³/mol. The molecule has 0 radical (unpaired) electrons. The average Bonchev–Trinajstić information content (AvgIpc) is 2.56. The van der Waals surface area contributed by atoms with Crippen LogP contribution in [-0.2, 0) is 5.16 Å². The molecule has 3 heteroatoms. The SMILES string of the molecule is CCC(CC)(Pc1ccc(C)cc1C(C)S)c1cccc(C)c1O. The zero-order chi connectivity index (χ0) is 17.9. The van der Waals surface area contributed by atoms with Crippen LogP contribution in [0.4, 0.5) is 0 Å². The summed E-state index contributed by atoms with van der Waals surface area (Å²) in [5.41, 5.74) is 4.63. The number of para-hydroxylation sites is 1. The number of phenolic OH excluding ortho intramolecular Hbond substituents is 1. The van der Waals surface area contributed by atoms with Gasteiger partial charge in [0.1, 0.15) is 5.75 Å². The minimum atomic E-state index is -0.0250. The van der Waals surface area contributed by atoms with Crippen LogP contribution in [0.15, 0.2) is 36.4 Å². The van der Waals surface area contributed by atoms with E-state index in [1.165, 1.54) is 16.4 Å². The summed E-state index contributed by atoms with van der Waals surface area (Å²) in [6.07, 6.45) is 2.01. The Labute approximate surface area is 154 Å². The fourth-order valence-electron chi connectivity index (χ4n) is 3.32. The second-order valence-corrected chi connectivity index (χ2v) is 9.17. The van der Waals surface area contributed by atoms with Gasteiger partial charge in [0, 0.05) is 16.0 Å². The van der Waals surface area contributed by atoms with E-state index in [0.717, 1.165) is 24.0 Å². The summed E-state index contributed by atoms with van der Waals surface area (Å²) in [5, 5.41) is 12.2. The van der Waals surface area contributed by atoms with E-state index in [0.29, 0.717) is 14.3 Å². The van der Waals surface area contributed by atoms with Gasteiger partial charge in [0.2, 0.25) is 0 Å². The molecule has 0 amide bonds. The van der Waals surface area contributed by atoms with E-state index in [4.69, 9.17) is 12.6 Å². The van der Waals surface area contributed by atoms with Crippen molar-refractivity contribution in [2.45, 2.75) is 57.9 Å². The number of rotatable bonds is 6. The van der Waals surface area contributed by atoms with E-state index in [2.05, 4.69) is 58.0 Å². The highest BCUT2D eigenvalue weighted by Gasteiger charge is 2.32. The molecule has 0 aliphatic rings. The van der Waals surface area contributed by atoms with Crippen molar-refractivity contribution >= 4 is 26.5 Å². The number of thiol groups is 1. The van der Waals surface area contributed by atoms with Crippen LogP contribution in [0.3, 0.4) is 0 Å². The molecule has 24 heavy (non-hydrogen) atoms. The molecule has 130 valence electrons. The third-order valence-electron chi connectivity index (χ3n) is 4.99. The number of hydrogen-bond acceptors (Lipinski definition) is 2. The first-order chi connectivity index (χ1) is 11.3. The van der Waals surface area contributed by atoms with Crippen molar-refractivity contribution in [2.24, 2.45) is 0 Å². The van der Waals surface area contributed by atoms with Crippen LogP contribution in [0.5, 0.6) is 5.75 Å². The second kappa shape index (κ2) is 7.93. The minimum absolute atomic E-state index is 0.0250. The van der Waals surface area contributed by atoms with Gasteiger partial charge in [-0.2, -0.15) is 12.6 Å². The fraction of sp³-hybridized carbons (Fsp3) is 0.429. The van der Waals surface area contributed by atoms with Crippen LogP contribution in [0.2, 0.25) is 0 Å². The summed E-state index contributed by atoms with van der Waals surface area (Å²) >= 11 is 4.69. The lowest BCUT2D eigenvalue weighted by Gasteiger charge is -2.34. The zero-order valence-electron chi connectivity index (χ0n) is 15.4. The summed E-state index contributed by atoms with van der Waals surface area (Å²) < 4.78 is 0. The summed E-state index contributed by atoms with van der Waals surface area (Å²) in [6, 6.07) is 12.8. The van der Waals surface area contributed by atoms with E-state index >= 15 is 0 Å². The standard InChI is InChI=1S/C21H29OPS/c1-6-21(7-2,18-10-8-9-15(4)20(18)22)23-19-12-11-14(3)13-17(19)16(5)24/h8-13,16,22-24H,6-7H2,1-5H3. The van der Waals surface area contributed by atoms with Gasteiger partial charge in [-0.05, 0) is 50.0 Å². The smallest absolute Gasteiger partial charge is 0.122 e. The lowest BCUT2D eigenvalue weighted by Crippen LogP contribution is -2.23. The Hall–Kier alpha value is -0.980. The van der Waals surface area contributed by atoms with Crippen molar-refractivity contribution in [2.75, 3.05) is 0 Å². The van der Waals surface area contributed by atoms with Crippen LogP contribution in [0, 0.1) is 13.8 Å². The van der Waals surface area contributed by atoms with E-state index in [9.17, 15) is 5.11 Å². The molecule has 0 heterocycles. The highest BCUT2D eigenvalue weighted by molar-refractivity contribution is 7.80. The summed E-state index contributed by atoms with van der Waals surface area (Å²) in [6.45, 7) is 10.7. The van der Waals surface area contributed by atoms with Crippen molar-refractivity contribution in [3.8, 4) is 5.75 Å². The minimum Gasteiger partial charge on any atom is -0.507 e. The van der Waals surface area contributed by atoms with Crippen molar-refractivity contribution in [1.82, 2.24) is 0 Å². The molecular formula is C21H29OPS. The number of phenols is 1. The molecule has 2 aromatic rings. The Morgan fingerprint density at radius 1 is 1.12 bits per heavy atom. The highest BCUT2D eigenvalue weighted by atomic mass is 32.1. The topological polar surface area (TPSA) is 20.2 Å². The molecule has 0 aliphatic heterocycles. The first kappa shape index (κ1) is 19.3. The molecule has 2 aromatic carbocycles. The van der Waals surface area contributed by atoms with Gasteiger partial charge in [0.15, 0.2) is 0 Å². The Morgan fingerprint density at radius 2 is 1.79 bits per heavy atom.